The maximum atomic E-state index is 11.9. The molecule has 0 aromatic heterocycles. The van der Waals surface area contributed by atoms with E-state index in [-0.39, 0.29) is 17.5 Å². The number of ether oxygens (including phenoxy) is 1. The first kappa shape index (κ1) is 25.5. The van der Waals surface area contributed by atoms with Gasteiger partial charge in [0, 0.05) is 18.8 Å². The van der Waals surface area contributed by atoms with Crippen molar-refractivity contribution in [3.8, 4) is 0 Å². The lowest BCUT2D eigenvalue weighted by molar-refractivity contribution is -0.266. The summed E-state index contributed by atoms with van der Waals surface area (Å²) in [5.41, 5.74) is -1.07. The summed E-state index contributed by atoms with van der Waals surface area (Å²) in [6.45, 7) is 13.4. The molecule has 4 heteroatoms. The second kappa shape index (κ2) is 9.12. The maximum absolute atomic E-state index is 11.9. The molecule has 4 rings (SSSR count). The first-order chi connectivity index (χ1) is 15.4. The number of rotatable bonds is 6. The molecule has 0 bridgehead atoms. The van der Waals surface area contributed by atoms with Crippen molar-refractivity contribution in [3.63, 3.8) is 0 Å². The minimum atomic E-state index is -1.15. The van der Waals surface area contributed by atoms with Crippen molar-refractivity contribution in [1.82, 2.24) is 0 Å². The van der Waals surface area contributed by atoms with E-state index in [9.17, 15) is 15.0 Å². The minimum Gasteiger partial charge on any atom is -0.462 e. The Bertz CT molecular complexity index is 720. The van der Waals surface area contributed by atoms with Crippen LogP contribution in [0, 0.1) is 46.3 Å². The second-order valence-corrected chi connectivity index (χ2v) is 13.5. The van der Waals surface area contributed by atoms with Gasteiger partial charge in [0.15, 0.2) is 0 Å². The number of carbonyl (C=O) groups excluding carboxylic acids is 1. The number of hydrogen-bond donors (Lipinski definition) is 2. The first-order valence-electron chi connectivity index (χ1n) is 14.0. The molecule has 0 radical (unpaired) electrons. The zero-order chi connectivity index (χ0) is 24.2. The van der Waals surface area contributed by atoms with Crippen LogP contribution in [0.4, 0.5) is 0 Å². The zero-order valence-corrected chi connectivity index (χ0v) is 22.1. The highest BCUT2D eigenvalue weighted by molar-refractivity contribution is 5.66. The normalized spacial score (nSPS) is 48.0. The van der Waals surface area contributed by atoms with Crippen molar-refractivity contribution in [2.24, 2.45) is 46.3 Å². The SMILES string of the molecule is CC(=O)O[C@H]1CC[C@]2(C)[C@H]3CC[C@]4(C)[C@@H]([C@H](C)CCCC(C)C)CC[C@H]4[C@@H]3C[C@@H](O)[C@]2(O)C1. The van der Waals surface area contributed by atoms with Gasteiger partial charge in [-0.15, -0.1) is 0 Å². The van der Waals surface area contributed by atoms with Crippen molar-refractivity contribution < 1.29 is 19.7 Å². The molecule has 0 amide bonds. The van der Waals surface area contributed by atoms with E-state index >= 15 is 0 Å². The van der Waals surface area contributed by atoms with Gasteiger partial charge in [-0.2, -0.15) is 0 Å². The summed E-state index contributed by atoms with van der Waals surface area (Å²) in [6, 6.07) is 0. The Labute approximate surface area is 202 Å². The molecule has 4 nitrogen and oxygen atoms in total. The van der Waals surface area contributed by atoms with Crippen LogP contribution in [-0.4, -0.2) is 34.0 Å². The number of aliphatic hydroxyl groups is 2. The molecule has 0 aliphatic heterocycles. The van der Waals surface area contributed by atoms with Crippen LogP contribution in [0.1, 0.15) is 112 Å². The van der Waals surface area contributed by atoms with E-state index in [2.05, 4.69) is 34.6 Å². The van der Waals surface area contributed by atoms with Crippen molar-refractivity contribution in [3.05, 3.63) is 0 Å². The van der Waals surface area contributed by atoms with E-state index < -0.39 is 11.7 Å². The third-order valence-electron chi connectivity index (χ3n) is 11.3. The lowest BCUT2D eigenvalue weighted by atomic mass is 9.42. The van der Waals surface area contributed by atoms with Gasteiger partial charge in [-0.3, -0.25) is 4.79 Å². The molecule has 10 atom stereocenters. The molecule has 0 spiro atoms. The quantitative estimate of drug-likeness (QED) is 0.466. The molecule has 4 saturated carbocycles. The maximum Gasteiger partial charge on any atom is 0.302 e. The van der Waals surface area contributed by atoms with Crippen LogP contribution in [0.15, 0.2) is 0 Å². The Kier molecular flexibility index (Phi) is 7.04. The topological polar surface area (TPSA) is 66.8 Å². The molecule has 0 aromatic carbocycles. The third-order valence-corrected chi connectivity index (χ3v) is 11.3. The van der Waals surface area contributed by atoms with E-state index in [4.69, 9.17) is 4.74 Å². The molecule has 0 aromatic rings. The standard InChI is InChI=1S/C29H50O4/c1-18(2)8-7-9-19(3)23-10-11-24-22-16-26(31)29(32)17-21(33-20(4)30)12-15-28(29,6)25(22)13-14-27(23,24)5/h18-19,21-26,31-32H,7-17H2,1-6H3/t19-,21+,22+,23-,24+,25+,26-,27-,28-,29-/m1/s1. The van der Waals surface area contributed by atoms with Gasteiger partial charge in [0.1, 0.15) is 6.10 Å². The smallest absolute Gasteiger partial charge is 0.302 e. The van der Waals surface area contributed by atoms with E-state index in [1.54, 1.807) is 0 Å². The van der Waals surface area contributed by atoms with E-state index in [0.717, 1.165) is 37.0 Å². The lowest BCUT2D eigenvalue weighted by Gasteiger charge is -2.65. The van der Waals surface area contributed by atoms with Gasteiger partial charge in [-0.1, -0.05) is 53.9 Å². The minimum absolute atomic E-state index is 0.275. The van der Waals surface area contributed by atoms with Crippen LogP contribution in [-0.2, 0) is 9.53 Å². The average molecular weight is 463 g/mol. The fourth-order valence-electron chi connectivity index (χ4n) is 9.60. The Morgan fingerprint density at radius 2 is 1.76 bits per heavy atom. The lowest BCUT2D eigenvalue weighted by Crippen LogP contribution is -2.68. The number of aliphatic hydroxyl groups excluding tert-OH is 1. The predicted octanol–water partition coefficient (Wildman–Crippen LogP) is 6.13. The van der Waals surface area contributed by atoms with Crippen LogP contribution in [0.2, 0.25) is 0 Å². The molecule has 190 valence electrons. The van der Waals surface area contributed by atoms with Gasteiger partial charge >= 0.3 is 5.97 Å². The Hall–Kier alpha value is -0.610. The molecule has 0 unspecified atom stereocenters. The summed E-state index contributed by atoms with van der Waals surface area (Å²) in [6.07, 6.45) is 10.8. The number of esters is 1. The van der Waals surface area contributed by atoms with E-state index in [0.29, 0.717) is 36.0 Å². The monoisotopic (exact) mass is 462 g/mol. The molecular formula is C29H50O4. The highest BCUT2D eigenvalue weighted by Gasteiger charge is 2.67. The van der Waals surface area contributed by atoms with Gasteiger partial charge in [0.25, 0.3) is 0 Å². The van der Waals surface area contributed by atoms with Gasteiger partial charge < -0.3 is 14.9 Å². The van der Waals surface area contributed by atoms with Crippen molar-refractivity contribution in [2.75, 3.05) is 0 Å². The van der Waals surface area contributed by atoms with E-state index in [1.807, 2.05) is 0 Å². The highest BCUT2D eigenvalue weighted by atomic mass is 16.5. The van der Waals surface area contributed by atoms with Gasteiger partial charge in [-0.25, -0.2) is 0 Å². The number of hydrogen-bond acceptors (Lipinski definition) is 4. The Morgan fingerprint density at radius 1 is 1.03 bits per heavy atom. The molecule has 4 aliphatic carbocycles. The van der Waals surface area contributed by atoms with Crippen molar-refractivity contribution in [1.29, 1.82) is 0 Å². The number of fused-ring (bicyclic) bond motifs is 5. The van der Waals surface area contributed by atoms with Crippen molar-refractivity contribution in [2.45, 2.75) is 130 Å². The summed E-state index contributed by atoms with van der Waals surface area (Å²) in [5.74, 6) is 3.69. The Morgan fingerprint density at radius 3 is 2.42 bits per heavy atom. The Balaban J connectivity index is 1.51. The van der Waals surface area contributed by atoms with Crippen LogP contribution < -0.4 is 0 Å². The fourth-order valence-corrected chi connectivity index (χ4v) is 9.60. The van der Waals surface area contributed by atoms with Crippen LogP contribution in [0.25, 0.3) is 0 Å². The molecule has 33 heavy (non-hydrogen) atoms. The zero-order valence-electron chi connectivity index (χ0n) is 22.1. The average Bonchev–Trinajstić information content (AvgIpc) is 3.07. The first-order valence-corrected chi connectivity index (χ1v) is 14.0. The third kappa shape index (κ3) is 4.20. The number of carbonyl (C=O) groups is 1. The van der Waals surface area contributed by atoms with E-state index in [1.165, 1.54) is 45.4 Å². The molecule has 0 heterocycles. The van der Waals surface area contributed by atoms with Gasteiger partial charge in [0.2, 0.25) is 0 Å². The predicted molar refractivity (Wildman–Crippen MR) is 131 cm³/mol. The summed E-state index contributed by atoms with van der Waals surface area (Å²) in [7, 11) is 0. The van der Waals surface area contributed by atoms with Crippen molar-refractivity contribution >= 4 is 5.97 Å². The summed E-state index contributed by atoms with van der Waals surface area (Å²) >= 11 is 0. The largest absolute Gasteiger partial charge is 0.462 e. The summed E-state index contributed by atoms with van der Waals surface area (Å²) < 4.78 is 5.50. The highest BCUT2D eigenvalue weighted by Crippen LogP contribution is 2.69. The molecule has 0 saturated heterocycles. The summed E-state index contributed by atoms with van der Waals surface area (Å²) in [5, 5.41) is 23.3. The molecule has 2 N–H and O–H groups in total. The molecule has 4 aliphatic rings. The second-order valence-electron chi connectivity index (χ2n) is 13.5. The van der Waals surface area contributed by atoms with Crippen LogP contribution in [0.5, 0.6) is 0 Å². The molecule has 4 fully saturated rings. The molecular weight excluding hydrogens is 412 g/mol. The fraction of sp³-hybridized carbons (Fsp3) is 0.966. The van der Waals surface area contributed by atoms with Crippen LogP contribution in [0.3, 0.4) is 0 Å². The summed E-state index contributed by atoms with van der Waals surface area (Å²) in [4.78, 5) is 11.5. The van der Waals surface area contributed by atoms with Crippen LogP contribution >= 0.6 is 0 Å². The van der Waals surface area contributed by atoms with Gasteiger partial charge in [0.05, 0.1) is 11.7 Å². The van der Waals surface area contributed by atoms with Gasteiger partial charge in [-0.05, 0) is 85.9 Å².